The van der Waals surface area contributed by atoms with Crippen molar-refractivity contribution in [1.82, 2.24) is 9.88 Å². The topological polar surface area (TPSA) is 68.5 Å². The SMILES string of the molecule is COCCC(N)C(=O)N(Cc1cccnc1)C(C)C. The zero-order valence-electron chi connectivity index (χ0n) is 11.9. The maximum Gasteiger partial charge on any atom is 0.240 e. The summed E-state index contributed by atoms with van der Waals surface area (Å²) in [7, 11) is 1.60. The van der Waals surface area contributed by atoms with Gasteiger partial charge in [-0.1, -0.05) is 6.07 Å². The van der Waals surface area contributed by atoms with Crippen molar-refractivity contribution in [3.8, 4) is 0 Å². The van der Waals surface area contributed by atoms with Crippen molar-refractivity contribution in [3.05, 3.63) is 30.1 Å². The molecule has 0 aliphatic heterocycles. The summed E-state index contributed by atoms with van der Waals surface area (Å²) in [6.45, 7) is 4.99. The minimum absolute atomic E-state index is 0.0455. The Balaban J connectivity index is 2.69. The first-order valence-electron chi connectivity index (χ1n) is 6.50. The molecule has 0 saturated carbocycles. The Morgan fingerprint density at radius 2 is 2.26 bits per heavy atom. The largest absolute Gasteiger partial charge is 0.385 e. The average molecular weight is 265 g/mol. The van der Waals surface area contributed by atoms with Gasteiger partial charge in [0.2, 0.25) is 5.91 Å². The molecule has 2 N–H and O–H groups in total. The number of nitrogens with two attached hydrogens (primary N) is 1. The molecular formula is C14H23N3O2. The van der Waals surface area contributed by atoms with Crippen molar-refractivity contribution in [2.45, 2.75) is 38.9 Å². The molecule has 0 aromatic carbocycles. The zero-order chi connectivity index (χ0) is 14.3. The van der Waals surface area contributed by atoms with E-state index >= 15 is 0 Å². The lowest BCUT2D eigenvalue weighted by atomic mass is 10.1. The Hall–Kier alpha value is -1.46. The van der Waals surface area contributed by atoms with Crippen molar-refractivity contribution in [2.75, 3.05) is 13.7 Å². The van der Waals surface area contributed by atoms with E-state index in [4.69, 9.17) is 10.5 Å². The van der Waals surface area contributed by atoms with E-state index in [0.717, 1.165) is 5.56 Å². The highest BCUT2D eigenvalue weighted by molar-refractivity contribution is 5.81. The maximum atomic E-state index is 12.3. The van der Waals surface area contributed by atoms with Crippen LogP contribution in [-0.4, -0.2) is 41.6 Å². The highest BCUT2D eigenvalue weighted by atomic mass is 16.5. The first-order chi connectivity index (χ1) is 9.06. The molecule has 106 valence electrons. The van der Waals surface area contributed by atoms with Crippen LogP contribution in [0.25, 0.3) is 0 Å². The van der Waals surface area contributed by atoms with Crippen LogP contribution >= 0.6 is 0 Å². The minimum atomic E-state index is -0.515. The Bertz CT molecular complexity index is 382. The van der Waals surface area contributed by atoms with Crippen LogP contribution < -0.4 is 5.73 Å². The van der Waals surface area contributed by atoms with Gasteiger partial charge in [-0.2, -0.15) is 0 Å². The van der Waals surface area contributed by atoms with Gasteiger partial charge in [-0.15, -0.1) is 0 Å². The summed E-state index contributed by atoms with van der Waals surface area (Å²) in [5.74, 6) is -0.0455. The van der Waals surface area contributed by atoms with Gasteiger partial charge in [-0.05, 0) is 31.9 Å². The van der Waals surface area contributed by atoms with Gasteiger partial charge < -0.3 is 15.4 Å². The lowest BCUT2D eigenvalue weighted by Gasteiger charge is -2.29. The van der Waals surface area contributed by atoms with E-state index in [-0.39, 0.29) is 11.9 Å². The van der Waals surface area contributed by atoms with Crippen molar-refractivity contribution < 1.29 is 9.53 Å². The van der Waals surface area contributed by atoms with Crippen molar-refractivity contribution in [3.63, 3.8) is 0 Å². The maximum absolute atomic E-state index is 12.3. The van der Waals surface area contributed by atoms with Crippen LogP contribution in [0.4, 0.5) is 0 Å². The van der Waals surface area contributed by atoms with Crippen molar-refractivity contribution >= 4 is 5.91 Å². The number of methoxy groups -OCH3 is 1. The second kappa shape index (κ2) is 7.86. The van der Waals surface area contributed by atoms with Gasteiger partial charge in [-0.3, -0.25) is 9.78 Å². The molecule has 1 amide bonds. The molecule has 1 aromatic rings. The number of carbonyl (C=O) groups excluding carboxylic acids is 1. The molecule has 0 aliphatic carbocycles. The molecule has 0 fully saturated rings. The fraction of sp³-hybridized carbons (Fsp3) is 0.571. The Kier molecular flexibility index (Phi) is 6.45. The summed E-state index contributed by atoms with van der Waals surface area (Å²) in [6.07, 6.45) is 4.02. The standard InChI is InChI=1S/C14H23N3O2/c1-11(2)17(10-12-5-4-7-16-9-12)14(18)13(15)6-8-19-3/h4-5,7,9,11,13H,6,8,10,15H2,1-3H3. The first kappa shape index (κ1) is 15.6. The molecule has 0 saturated heterocycles. The lowest BCUT2D eigenvalue weighted by molar-refractivity contribution is -0.135. The third-order valence-corrected chi connectivity index (χ3v) is 2.93. The summed E-state index contributed by atoms with van der Waals surface area (Å²) in [6, 6.07) is 3.40. The number of nitrogens with zero attached hydrogens (tertiary/aromatic N) is 2. The van der Waals surface area contributed by atoms with E-state index in [1.54, 1.807) is 24.4 Å². The number of rotatable bonds is 7. The molecule has 1 heterocycles. The predicted octanol–water partition coefficient (Wildman–Crippen LogP) is 1.18. The van der Waals surface area contributed by atoms with E-state index in [9.17, 15) is 4.79 Å². The molecule has 0 spiro atoms. The van der Waals surface area contributed by atoms with Gasteiger partial charge in [0.25, 0.3) is 0 Å². The molecular weight excluding hydrogens is 242 g/mol. The Morgan fingerprint density at radius 3 is 2.79 bits per heavy atom. The smallest absolute Gasteiger partial charge is 0.240 e. The summed E-state index contributed by atoms with van der Waals surface area (Å²) < 4.78 is 4.96. The summed E-state index contributed by atoms with van der Waals surface area (Å²) in [4.78, 5) is 18.2. The van der Waals surface area contributed by atoms with Gasteiger partial charge in [0, 0.05) is 38.7 Å². The van der Waals surface area contributed by atoms with E-state index in [2.05, 4.69) is 4.98 Å². The third kappa shape index (κ3) is 4.96. The van der Waals surface area contributed by atoms with Gasteiger partial charge >= 0.3 is 0 Å². The number of hydrogen-bond donors (Lipinski definition) is 1. The molecule has 0 bridgehead atoms. The molecule has 1 aromatic heterocycles. The average Bonchev–Trinajstić information content (AvgIpc) is 2.42. The highest BCUT2D eigenvalue weighted by Gasteiger charge is 2.23. The second-order valence-electron chi connectivity index (χ2n) is 4.81. The monoisotopic (exact) mass is 265 g/mol. The predicted molar refractivity (Wildman–Crippen MR) is 74.4 cm³/mol. The van der Waals surface area contributed by atoms with Crippen LogP contribution in [0.5, 0.6) is 0 Å². The van der Waals surface area contributed by atoms with Crippen molar-refractivity contribution in [1.29, 1.82) is 0 Å². The molecule has 0 aliphatic rings. The number of amides is 1. The van der Waals surface area contributed by atoms with Crippen molar-refractivity contribution in [2.24, 2.45) is 5.73 Å². The van der Waals surface area contributed by atoms with E-state index < -0.39 is 6.04 Å². The van der Waals surface area contributed by atoms with Crippen LogP contribution in [-0.2, 0) is 16.1 Å². The van der Waals surface area contributed by atoms with Gasteiger partial charge in [0.1, 0.15) is 0 Å². The number of aromatic nitrogens is 1. The summed E-state index contributed by atoms with van der Waals surface area (Å²) in [5.41, 5.74) is 6.91. The third-order valence-electron chi connectivity index (χ3n) is 2.93. The lowest BCUT2D eigenvalue weighted by Crippen LogP contribution is -2.46. The molecule has 1 rings (SSSR count). The molecule has 0 radical (unpaired) electrons. The Morgan fingerprint density at radius 1 is 1.53 bits per heavy atom. The molecule has 1 atom stereocenters. The van der Waals surface area contributed by atoms with Crippen LogP contribution in [0.15, 0.2) is 24.5 Å². The van der Waals surface area contributed by atoms with Crippen LogP contribution in [0.3, 0.4) is 0 Å². The molecule has 5 heteroatoms. The number of pyridine rings is 1. The van der Waals surface area contributed by atoms with Gasteiger partial charge in [-0.25, -0.2) is 0 Å². The molecule has 1 unspecified atom stereocenters. The fourth-order valence-electron chi connectivity index (χ4n) is 1.78. The summed E-state index contributed by atoms with van der Waals surface area (Å²) >= 11 is 0. The van der Waals surface area contributed by atoms with Gasteiger partial charge in [0.15, 0.2) is 0 Å². The number of carbonyl (C=O) groups is 1. The van der Waals surface area contributed by atoms with Crippen LogP contribution in [0.1, 0.15) is 25.8 Å². The number of hydrogen-bond acceptors (Lipinski definition) is 4. The second-order valence-corrected chi connectivity index (χ2v) is 4.81. The normalized spacial score (nSPS) is 12.5. The quantitative estimate of drug-likeness (QED) is 0.804. The Labute approximate surface area is 114 Å². The van der Waals surface area contributed by atoms with E-state index in [1.165, 1.54) is 0 Å². The van der Waals surface area contributed by atoms with Crippen LogP contribution in [0.2, 0.25) is 0 Å². The zero-order valence-corrected chi connectivity index (χ0v) is 11.9. The first-order valence-corrected chi connectivity index (χ1v) is 6.50. The highest BCUT2D eigenvalue weighted by Crippen LogP contribution is 2.10. The summed E-state index contributed by atoms with van der Waals surface area (Å²) in [5, 5.41) is 0. The van der Waals surface area contributed by atoms with E-state index in [0.29, 0.717) is 19.6 Å². The fourth-order valence-corrected chi connectivity index (χ4v) is 1.78. The number of ether oxygens (including phenoxy) is 1. The van der Waals surface area contributed by atoms with E-state index in [1.807, 2.05) is 26.0 Å². The minimum Gasteiger partial charge on any atom is -0.385 e. The van der Waals surface area contributed by atoms with Crippen LogP contribution in [0, 0.1) is 0 Å². The molecule has 19 heavy (non-hydrogen) atoms. The van der Waals surface area contributed by atoms with Gasteiger partial charge in [0.05, 0.1) is 6.04 Å². The molecule has 5 nitrogen and oxygen atoms in total.